The summed E-state index contributed by atoms with van der Waals surface area (Å²) >= 11 is 6.10. The fourth-order valence-corrected chi connectivity index (χ4v) is 7.84. The van der Waals surface area contributed by atoms with Gasteiger partial charge in [0.15, 0.2) is 0 Å². The number of aromatic amines is 1. The maximum atomic E-state index is 13.2. The van der Waals surface area contributed by atoms with Crippen LogP contribution in [0.5, 0.6) is 0 Å². The van der Waals surface area contributed by atoms with E-state index in [-0.39, 0.29) is 11.8 Å². The van der Waals surface area contributed by atoms with Crippen LogP contribution in [-0.4, -0.2) is 35.0 Å². The molecule has 5 aliphatic rings. The summed E-state index contributed by atoms with van der Waals surface area (Å²) in [6.45, 7) is 4.01. The molecule has 5 fully saturated rings. The van der Waals surface area contributed by atoms with Crippen molar-refractivity contribution in [1.29, 1.82) is 0 Å². The lowest BCUT2D eigenvalue weighted by atomic mass is 9.48. The molecule has 1 aromatic heterocycles. The molecule has 0 spiro atoms. The molecule has 1 aromatic carbocycles. The number of nitrogens with one attached hydrogen (secondary N) is 2. The Hall–Kier alpha value is -1.75. The minimum atomic E-state index is 0.117. The average Bonchev–Trinajstić information content (AvgIpc) is 3.16. The first-order valence-corrected chi connectivity index (χ1v) is 12.6. The van der Waals surface area contributed by atoms with Gasteiger partial charge in [0.1, 0.15) is 0 Å². The fourth-order valence-electron chi connectivity index (χ4n) is 7.66. The number of halogens is 1. The lowest BCUT2D eigenvalue weighted by Gasteiger charge is -2.59. The standard InChI is InChI=1S/C25H33ClN4O/c1-15(25-12-16-8-17(13-25)10-18(9-16)14-25)27-23(31)19-4-6-30(7-5-19)24-28-21-3-2-20(26)11-22(21)29-24/h2-3,11,15-19H,4-10,12-14H2,1H3,(H,27,31)(H,28,29). The maximum absolute atomic E-state index is 13.2. The molecule has 5 nitrogen and oxygen atoms in total. The van der Waals surface area contributed by atoms with Crippen LogP contribution in [0.4, 0.5) is 5.95 Å². The number of benzene rings is 1. The molecule has 4 saturated carbocycles. The third-order valence-corrected chi connectivity index (χ3v) is 9.19. The highest BCUT2D eigenvalue weighted by Crippen LogP contribution is 2.61. The number of piperidine rings is 1. The van der Waals surface area contributed by atoms with Crippen LogP contribution in [-0.2, 0) is 4.79 Å². The summed E-state index contributed by atoms with van der Waals surface area (Å²) in [5, 5.41) is 4.21. The molecule has 1 unspecified atom stereocenters. The Morgan fingerprint density at radius 1 is 1.16 bits per heavy atom. The summed E-state index contributed by atoms with van der Waals surface area (Å²) in [5.74, 6) is 4.05. The molecule has 1 atom stereocenters. The Morgan fingerprint density at radius 2 is 1.81 bits per heavy atom. The second-order valence-electron chi connectivity index (χ2n) is 11.0. The fraction of sp³-hybridized carbons (Fsp3) is 0.680. The molecule has 1 amide bonds. The highest BCUT2D eigenvalue weighted by molar-refractivity contribution is 6.31. The van der Waals surface area contributed by atoms with Crippen LogP contribution in [0.3, 0.4) is 0 Å². The second-order valence-corrected chi connectivity index (χ2v) is 11.4. The molecule has 2 aromatic rings. The van der Waals surface area contributed by atoms with E-state index in [1.54, 1.807) is 0 Å². The van der Waals surface area contributed by atoms with Crippen molar-refractivity contribution in [3.8, 4) is 0 Å². The van der Waals surface area contributed by atoms with Crippen molar-refractivity contribution < 1.29 is 4.79 Å². The maximum Gasteiger partial charge on any atom is 0.223 e. The summed E-state index contributed by atoms with van der Waals surface area (Å²) in [5.41, 5.74) is 2.27. The number of carbonyl (C=O) groups excluding carboxylic acids is 1. The van der Waals surface area contributed by atoms with E-state index in [1.165, 1.54) is 38.5 Å². The monoisotopic (exact) mass is 440 g/mol. The topological polar surface area (TPSA) is 61.0 Å². The normalized spacial score (nSPS) is 33.7. The van der Waals surface area contributed by atoms with Crippen LogP contribution in [0.15, 0.2) is 18.2 Å². The van der Waals surface area contributed by atoms with Gasteiger partial charge in [-0.1, -0.05) is 11.6 Å². The lowest BCUT2D eigenvalue weighted by molar-refractivity contribution is -0.130. The van der Waals surface area contributed by atoms with Gasteiger partial charge in [-0.25, -0.2) is 4.98 Å². The molecule has 0 radical (unpaired) electrons. The first kappa shape index (κ1) is 19.9. The summed E-state index contributed by atoms with van der Waals surface area (Å²) in [4.78, 5) is 23.5. The molecule has 1 aliphatic heterocycles. The van der Waals surface area contributed by atoms with Crippen molar-refractivity contribution in [3.05, 3.63) is 23.2 Å². The van der Waals surface area contributed by atoms with Gasteiger partial charge in [-0.15, -0.1) is 0 Å². The predicted molar refractivity (Wildman–Crippen MR) is 124 cm³/mol. The molecule has 4 bridgehead atoms. The summed E-state index contributed by atoms with van der Waals surface area (Å²) in [6.07, 6.45) is 10.2. The van der Waals surface area contributed by atoms with Gasteiger partial charge in [-0.3, -0.25) is 4.79 Å². The van der Waals surface area contributed by atoms with Gasteiger partial charge in [0, 0.05) is 30.1 Å². The minimum absolute atomic E-state index is 0.117. The Bertz CT molecular complexity index is 957. The minimum Gasteiger partial charge on any atom is -0.353 e. The molecule has 4 aliphatic carbocycles. The van der Waals surface area contributed by atoms with Crippen LogP contribution >= 0.6 is 11.6 Å². The van der Waals surface area contributed by atoms with Crippen molar-refractivity contribution in [3.63, 3.8) is 0 Å². The number of hydrogen-bond acceptors (Lipinski definition) is 3. The quantitative estimate of drug-likeness (QED) is 0.690. The third-order valence-electron chi connectivity index (χ3n) is 8.96. The van der Waals surface area contributed by atoms with Crippen molar-refractivity contribution in [2.24, 2.45) is 29.1 Å². The van der Waals surface area contributed by atoms with E-state index in [4.69, 9.17) is 16.6 Å². The number of aromatic nitrogens is 2. The third kappa shape index (κ3) is 3.53. The van der Waals surface area contributed by atoms with Crippen molar-refractivity contribution in [1.82, 2.24) is 15.3 Å². The van der Waals surface area contributed by atoms with E-state index in [0.717, 1.165) is 60.7 Å². The SMILES string of the molecule is CC(NC(=O)C1CCN(c2nc3ccc(Cl)cc3[nH]2)CC1)C12CC3CC(CC(C3)C1)C2. The number of imidazole rings is 1. The van der Waals surface area contributed by atoms with Gasteiger partial charge in [0.05, 0.1) is 11.0 Å². The molecule has 7 rings (SSSR count). The van der Waals surface area contributed by atoms with Crippen molar-refractivity contribution in [2.45, 2.75) is 64.3 Å². The molecular weight excluding hydrogens is 408 g/mol. The van der Waals surface area contributed by atoms with E-state index in [9.17, 15) is 4.79 Å². The molecular formula is C25H33ClN4O. The van der Waals surface area contributed by atoms with E-state index >= 15 is 0 Å². The first-order valence-electron chi connectivity index (χ1n) is 12.2. The summed E-state index contributed by atoms with van der Waals surface area (Å²) in [7, 11) is 0. The van der Waals surface area contributed by atoms with Crippen LogP contribution in [0.1, 0.15) is 58.3 Å². The van der Waals surface area contributed by atoms with Crippen LogP contribution in [0.25, 0.3) is 11.0 Å². The Morgan fingerprint density at radius 3 is 2.45 bits per heavy atom. The molecule has 31 heavy (non-hydrogen) atoms. The number of H-pyrrole nitrogens is 1. The van der Waals surface area contributed by atoms with Crippen LogP contribution in [0.2, 0.25) is 5.02 Å². The van der Waals surface area contributed by atoms with Crippen LogP contribution in [0, 0.1) is 29.1 Å². The number of amides is 1. The highest BCUT2D eigenvalue weighted by Gasteiger charge is 2.53. The zero-order valence-electron chi connectivity index (χ0n) is 18.4. The van der Waals surface area contributed by atoms with E-state index in [2.05, 4.69) is 22.1 Å². The summed E-state index contributed by atoms with van der Waals surface area (Å²) in [6, 6.07) is 6.05. The van der Waals surface area contributed by atoms with Gasteiger partial charge in [-0.05, 0) is 99.7 Å². The smallest absolute Gasteiger partial charge is 0.223 e. The van der Waals surface area contributed by atoms with Crippen LogP contribution < -0.4 is 10.2 Å². The summed E-state index contributed by atoms with van der Waals surface area (Å²) < 4.78 is 0. The van der Waals surface area contributed by atoms with Gasteiger partial charge in [0.25, 0.3) is 0 Å². The zero-order valence-corrected chi connectivity index (χ0v) is 19.1. The number of hydrogen-bond donors (Lipinski definition) is 2. The number of nitrogens with zero attached hydrogens (tertiary/aromatic N) is 2. The van der Waals surface area contributed by atoms with Gasteiger partial charge in [-0.2, -0.15) is 0 Å². The van der Waals surface area contributed by atoms with Crippen molar-refractivity contribution >= 4 is 34.5 Å². The number of rotatable bonds is 4. The molecule has 1 saturated heterocycles. The molecule has 166 valence electrons. The molecule has 6 heteroatoms. The molecule has 2 N–H and O–H groups in total. The van der Waals surface area contributed by atoms with E-state index in [0.29, 0.717) is 16.5 Å². The Labute approximate surface area is 189 Å². The second kappa shape index (κ2) is 7.40. The Kier molecular flexibility index (Phi) is 4.75. The van der Waals surface area contributed by atoms with Gasteiger partial charge < -0.3 is 15.2 Å². The number of carbonyl (C=O) groups is 1. The zero-order chi connectivity index (χ0) is 21.2. The highest BCUT2D eigenvalue weighted by atomic mass is 35.5. The predicted octanol–water partition coefficient (Wildman–Crippen LogP) is 5.15. The van der Waals surface area contributed by atoms with E-state index in [1.807, 2.05) is 18.2 Å². The van der Waals surface area contributed by atoms with Gasteiger partial charge >= 0.3 is 0 Å². The molecule has 2 heterocycles. The van der Waals surface area contributed by atoms with E-state index < -0.39 is 0 Å². The lowest BCUT2D eigenvalue weighted by Crippen LogP contribution is -2.56. The first-order chi connectivity index (χ1) is 15.0. The van der Waals surface area contributed by atoms with Crippen molar-refractivity contribution in [2.75, 3.05) is 18.0 Å². The number of anilines is 1. The largest absolute Gasteiger partial charge is 0.353 e. The van der Waals surface area contributed by atoms with Gasteiger partial charge in [0.2, 0.25) is 11.9 Å². The number of fused-ring (bicyclic) bond motifs is 1. The average molecular weight is 441 g/mol. The Balaban J connectivity index is 1.07.